The van der Waals surface area contributed by atoms with Gasteiger partial charge in [-0.2, -0.15) is 0 Å². The summed E-state index contributed by atoms with van der Waals surface area (Å²) in [6.45, 7) is 1.34. The summed E-state index contributed by atoms with van der Waals surface area (Å²) in [4.78, 5) is 14.3. The lowest BCUT2D eigenvalue weighted by molar-refractivity contribution is -0.0504. The van der Waals surface area contributed by atoms with Crippen LogP contribution in [0.25, 0.3) is 0 Å². The van der Waals surface area contributed by atoms with Gasteiger partial charge in [-0.15, -0.1) is 0 Å². The van der Waals surface area contributed by atoms with Crippen molar-refractivity contribution in [2.75, 3.05) is 27.3 Å². The quantitative estimate of drug-likeness (QED) is 0.808. The number of carbonyl (C=O) groups excluding carboxylic acids is 1. The zero-order valence-corrected chi connectivity index (χ0v) is 14.2. The van der Waals surface area contributed by atoms with Crippen molar-refractivity contribution < 1.29 is 23.4 Å². The Hall–Kier alpha value is -2.60. The van der Waals surface area contributed by atoms with Gasteiger partial charge in [-0.3, -0.25) is 4.79 Å². The molecule has 0 aromatic heterocycles. The number of benzene rings is 2. The van der Waals surface area contributed by atoms with Gasteiger partial charge in [-0.25, -0.2) is 4.39 Å². The molecule has 1 saturated heterocycles. The molecular formula is C19H20FNO4. The minimum absolute atomic E-state index is 0.0449. The summed E-state index contributed by atoms with van der Waals surface area (Å²) in [6, 6.07) is 11.4. The number of carbonyl (C=O) groups is 1. The number of amides is 1. The third kappa shape index (κ3) is 3.91. The second-order valence-corrected chi connectivity index (χ2v) is 5.84. The molecule has 0 unspecified atom stereocenters. The van der Waals surface area contributed by atoms with Crippen LogP contribution in [0.2, 0.25) is 0 Å². The fourth-order valence-electron chi connectivity index (χ4n) is 2.70. The van der Waals surface area contributed by atoms with Gasteiger partial charge < -0.3 is 19.1 Å². The van der Waals surface area contributed by atoms with Crippen molar-refractivity contribution in [1.29, 1.82) is 0 Å². The lowest BCUT2D eigenvalue weighted by atomic mass is 10.1. The first-order valence-electron chi connectivity index (χ1n) is 7.98. The number of hydrogen-bond donors (Lipinski definition) is 0. The van der Waals surface area contributed by atoms with Crippen molar-refractivity contribution in [2.24, 2.45) is 0 Å². The summed E-state index contributed by atoms with van der Waals surface area (Å²) < 4.78 is 29.3. The Morgan fingerprint density at radius 2 is 1.96 bits per heavy atom. The molecule has 0 N–H and O–H groups in total. The van der Waals surface area contributed by atoms with E-state index < -0.39 is 0 Å². The molecule has 1 aliphatic heterocycles. The van der Waals surface area contributed by atoms with Crippen LogP contribution in [0.5, 0.6) is 11.5 Å². The Labute approximate surface area is 145 Å². The van der Waals surface area contributed by atoms with Crippen LogP contribution in [-0.4, -0.2) is 44.2 Å². The molecule has 0 saturated carbocycles. The number of ether oxygens (including phenoxy) is 3. The van der Waals surface area contributed by atoms with Crippen molar-refractivity contribution in [3.63, 3.8) is 0 Å². The highest BCUT2D eigenvalue weighted by Gasteiger charge is 2.33. The van der Waals surface area contributed by atoms with Gasteiger partial charge >= 0.3 is 0 Å². The molecule has 1 heterocycles. The van der Waals surface area contributed by atoms with Crippen LogP contribution >= 0.6 is 0 Å². The molecule has 0 atom stereocenters. The van der Waals surface area contributed by atoms with Crippen LogP contribution in [-0.2, 0) is 11.3 Å². The second-order valence-electron chi connectivity index (χ2n) is 5.84. The molecule has 0 spiro atoms. The molecule has 2 aromatic carbocycles. The zero-order chi connectivity index (χ0) is 17.8. The Morgan fingerprint density at radius 1 is 1.16 bits per heavy atom. The van der Waals surface area contributed by atoms with E-state index in [0.717, 1.165) is 5.56 Å². The summed E-state index contributed by atoms with van der Waals surface area (Å²) in [5, 5.41) is 0. The number of rotatable bonds is 6. The Balaban J connectivity index is 1.54. The zero-order valence-electron chi connectivity index (χ0n) is 14.2. The van der Waals surface area contributed by atoms with E-state index in [4.69, 9.17) is 14.2 Å². The van der Waals surface area contributed by atoms with E-state index in [1.54, 1.807) is 36.3 Å². The summed E-state index contributed by atoms with van der Waals surface area (Å²) in [7, 11) is 3.08. The molecule has 6 heteroatoms. The maximum absolute atomic E-state index is 13.1. The van der Waals surface area contributed by atoms with E-state index in [1.165, 1.54) is 19.2 Å². The van der Waals surface area contributed by atoms with E-state index in [9.17, 15) is 9.18 Å². The molecule has 1 fully saturated rings. The number of hydrogen-bond acceptors (Lipinski definition) is 4. The van der Waals surface area contributed by atoms with E-state index in [-0.39, 0.29) is 17.8 Å². The van der Waals surface area contributed by atoms with Gasteiger partial charge in [0.25, 0.3) is 5.91 Å². The van der Waals surface area contributed by atoms with Gasteiger partial charge in [0.2, 0.25) is 0 Å². The Bertz CT molecular complexity index is 759. The number of methoxy groups -OCH3 is 2. The fourth-order valence-corrected chi connectivity index (χ4v) is 2.70. The van der Waals surface area contributed by atoms with Crippen molar-refractivity contribution >= 4 is 5.91 Å². The highest BCUT2D eigenvalue weighted by molar-refractivity contribution is 5.97. The average Bonchev–Trinajstić information content (AvgIpc) is 2.59. The van der Waals surface area contributed by atoms with Crippen LogP contribution in [0, 0.1) is 5.82 Å². The normalized spacial score (nSPS) is 14.1. The number of likely N-dealkylation sites (tertiary alicyclic amines) is 1. The molecule has 0 aliphatic carbocycles. The number of nitrogens with zero attached hydrogens (tertiary/aromatic N) is 1. The second kappa shape index (κ2) is 7.53. The molecule has 5 nitrogen and oxygen atoms in total. The van der Waals surface area contributed by atoms with Gasteiger partial charge in [-0.1, -0.05) is 12.1 Å². The Kier molecular flexibility index (Phi) is 5.19. The highest BCUT2D eigenvalue weighted by Crippen LogP contribution is 2.27. The summed E-state index contributed by atoms with van der Waals surface area (Å²) >= 11 is 0. The van der Waals surface area contributed by atoms with Crippen LogP contribution < -0.4 is 9.47 Å². The molecule has 2 aromatic rings. The Morgan fingerprint density at radius 3 is 2.64 bits per heavy atom. The van der Waals surface area contributed by atoms with Crippen LogP contribution in [0.4, 0.5) is 4.39 Å². The predicted octanol–water partition coefficient (Wildman–Crippen LogP) is 2.88. The molecule has 0 bridgehead atoms. The molecule has 1 amide bonds. The van der Waals surface area contributed by atoms with Crippen molar-refractivity contribution in [3.05, 3.63) is 59.4 Å². The van der Waals surface area contributed by atoms with Crippen LogP contribution in [0.1, 0.15) is 15.9 Å². The van der Waals surface area contributed by atoms with E-state index >= 15 is 0 Å². The largest absolute Gasteiger partial charge is 0.497 e. The first-order valence-corrected chi connectivity index (χ1v) is 7.98. The smallest absolute Gasteiger partial charge is 0.257 e. The first-order chi connectivity index (χ1) is 12.1. The number of halogens is 1. The van der Waals surface area contributed by atoms with Crippen LogP contribution in [0.15, 0.2) is 42.5 Å². The van der Waals surface area contributed by atoms with Gasteiger partial charge in [0, 0.05) is 19.2 Å². The minimum atomic E-state index is -0.280. The summed E-state index contributed by atoms with van der Waals surface area (Å²) in [5.41, 5.74) is 1.27. The van der Waals surface area contributed by atoms with E-state index in [1.807, 2.05) is 6.07 Å². The van der Waals surface area contributed by atoms with Crippen LogP contribution in [0.3, 0.4) is 0 Å². The summed E-state index contributed by atoms with van der Waals surface area (Å²) in [5.74, 6) is 0.727. The predicted molar refractivity (Wildman–Crippen MR) is 90.4 cm³/mol. The van der Waals surface area contributed by atoms with Gasteiger partial charge in [-0.05, 0) is 29.8 Å². The van der Waals surface area contributed by atoms with Gasteiger partial charge in [0.1, 0.15) is 17.3 Å². The SMILES string of the molecule is COc1ccc(C(=O)N2CC(OCc3cccc(F)c3)C2)c(OC)c1. The lowest BCUT2D eigenvalue weighted by Crippen LogP contribution is -2.54. The lowest BCUT2D eigenvalue weighted by Gasteiger charge is -2.39. The molecule has 132 valence electrons. The molecule has 25 heavy (non-hydrogen) atoms. The minimum Gasteiger partial charge on any atom is -0.497 e. The maximum atomic E-state index is 13.1. The molecular weight excluding hydrogens is 325 g/mol. The third-order valence-electron chi connectivity index (χ3n) is 4.15. The van der Waals surface area contributed by atoms with Crippen molar-refractivity contribution in [1.82, 2.24) is 4.90 Å². The van der Waals surface area contributed by atoms with Crippen molar-refractivity contribution in [2.45, 2.75) is 12.7 Å². The van der Waals surface area contributed by atoms with Gasteiger partial charge in [0.05, 0.1) is 32.5 Å². The fraction of sp³-hybridized carbons (Fsp3) is 0.316. The monoisotopic (exact) mass is 345 g/mol. The first kappa shape index (κ1) is 17.2. The molecule has 0 radical (unpaired) electrons. The topological polar surface area (TPSA) is 48.0 Å². The van der Waals surface area contributed by atoms with Gasteiger partial charge in [0.15, 0.2) is 0 Å². The highest BCUT2D eigenvalue weighted by atomic mass is 19.1. The van der Waals surface area contributed by atoms with Crippen molar-refractivity contribution in [3.8, 4) is 11.5 Å². The average molecular weight is 345 g/mol. The molecule has 3 rings (SSSR count). The summed E-state index contributed by atoms with van der Waals surface area (Å²) in [6.07, 6.45) is -0.0449. The van der Waals surface area contributed by atoms with E-state index in [2.05, 4.69) is 0 Å². The molecule has 1 aliphatic rings. The maximum Gasteiger partial charge on any atom is 0.257 e. The standard InChI is InChI=1S/C19H20FNO4/c1-23-15-6-7-17(18(9-15)24-2)19(22)21-10-16(11-21)25-12-13-4-3-5-14(20)8-13/h3-9,16H,10-12H2,1-2H3. The van der Waals surface area contributed by atoms with E-state index in [0.29, 0.717) is 36.8 Å². The third-order valence-corrected chi connectivity index (χ3v) is 4.15.